The molecule has 0 aliphatic carbocycles. The standard InChI is InChI=1S/C2H4O2.2H3O4P/c1-2(3)4;2*1-5(2,3)4/h1H3,(H,3,4);2*(H3,1,2,3,4). The molecule has 7 N–H and O–H groups in total. The van der Waals surface area contributed by atoms with Crippen molar-refractivity contribution < 1.29 is 48.4 Å². The first kappa shape index (κ1) is 19.3. The second-order valence-corrected chi connectivity index (χ2v) is 3.60. The molecule has 0 bridgehead atoms. The maximum absolute atomic E-state index is 9.00. The summed E-state index contributed by atoms with van der Waals surface area (Å²) in [5.74, 6) is -0.833. The van der Waals surface area contributed by atoms with Crippen molar-refractivity contribution in [2.45, 2.75) is 6.92 Å². The van der Waals surface area contributed by atoms with Gasteiger partial charge in [-0.05, 0) is 0 Å². The van der Waals surface area contributed by atoms with E-state index in [1.807, 2.05) is 0 Å². The number of phosphoric acid groups is 2. The van der Waals surface area contributed by atoms with E-state index in [2.05, 4.69) is 0 Å². The molecule has 0 spiro atoms. The van der Waals surface area contributed by atoms with Crippen LogP contribution >= 0.6 is 15.6 Å². The van der Waals surface area contributed by atoms with Crippen LogP contribution in [0.4, 0.5) is 0 Å². The fourth-order valence-corrected chi connectivity index (χ4v) is 0. The molecule has 0 aromatic heterocycles. The number of carbonyl (C=O) groups is 1. The molecule has 0 aliphatic heterocycles. The summed E-state index contributed by atoms with van der Waals surface area (Å²) in [7, 11) is -9.28. The molecule has 0 aromatic carbocycles. The van der Waals surface area contributed by atoms with Crippen molar-refractivity contribution in [3.05, 3.63) is 0 Å². The van der Waals surface area contributed by atoms with E-state index in [-0.39, 0.29) is 0 Å². The minimum Gasteiger partial charge on any atom is -0.481 e. The monoisotopic (exact) mass is 256 g/mol. The highest BCUT2D eigenvalue weighted by Gasteiger charge is 2.00. The maximum Gasteiger partial charge on any atom is 0.466 e. The van der Waals surface area contributed by atoms with Gasteiger partial charge >= 0.3 is 15.6 Å². The van der Waals surface area contributed by atoms with Gasteiger partial charge in [-0.15, -0.1) is 0 Å². The average molecular weight is 256 g/mol. The van der Waals surface area contributed by atoms with Gasteiger partial charge in [-0.3, -0.25) is 4.79 Å². The summed E-state index contributed by atoms with van der Waals surface area (Å²) in [6.07, 6.45) is 0. The molecule has 88 valence electrons. The van der Waals surface area contributed by atoms with Gasteiger partial charge in [0, 0.05) is 6.92 Å². The number of hydrogen-bond acceptors (Lipinski definition) is 3. The Hall–Kier alpha value is -0.310. The van der Waals surface area contributed by atoms with Gasteiger partial charge in [-0.1, -0.05) is 0 Å². The van der Waals surface area contributed by atoms with E-state index in [9.17, 15) is 0 Å². The smallest absolute Gasteiger partial charge is 0.466 e. The van der Waals surface area contributed by atoms with Gasteiger partial charge in [0.05, 0.1) is 0 Å². The Morgan fingerprint density at radius 2 is 0.857 bits per heavy atom. The topological polar surface area (TPSA) is 193 Å². The van der Waals surface area contributed by atoms with Crippen molar-refractivity contribution in [1.29, 1.82) is 0 Å². The highest BCUT2D eigenvalue weighted by Crippen LogP contribution is 2.26. The van der Waals surface area contributed by atoms with Gasteiger partial charge in [0.1, 0.15) is 0 Å². The predicted octanol–water partition coefficient (Wildman–Crippen LogP) is -1.77. The van der Waals surface area contributed by atoms with Crippen molar-refractivity contribution in [3.8, 4) is 0 Å². The number of aliphatic carboxylic acids is 1. The minimum absolute atomic E-state index is 0.833. The van der Waals surface area contributed by atoms with Crippen molar-refractivity contribution >= 4 is 21.6 Å². The van der Waals surface area contributed by atoms with E-state index in [0.29, 0.717) is 0 Å². The normalized spacial score (nSPS) is 10.2. The Balaban J connectivity index is -0.000000131. The molecule has 0 amide bonds. The van der Waals surface area contributed by atoms with Crippen LogP contribution in [0, 0.1) is 0 Å². The molecule has 10 nitrogen and oxygen atoms in total. The van der Waals surface area contributed by atoms with Gasteiger partial charge in [0.2, 0.25) is 0 Å². The zero-order valence-electron chi connectivity index (χ0n) is 6.75. The van der Waals surface area contributed by atoms with Gasteiger partial charge in [0.25, 0.3) is 5.97 Å². The van der Waals surface area contributed by atoms with Crippen LogP contribution < -0.4 is 0 Å². The molecule has 0 aliphatic rings. The molecule has 0 rings (SSSR count). The Morgan fingerprint density at radius 1 is 0.857 bits per heavy atom. The Kier molecular flexibility index (Phi) is 11.1. The molecule has 0 fully saturated rings. The fourth-order valence-electron chi connectivity index (χ4n) is 0. The van der Waals surface area contributed by atoms with Crippen LogP contribution in [0.1, 0.15) is 6.92 Å². The van der Waals surface area contributed by atoms with E-state index in [0.717, 1.165) is 6.92 Å². The third-order valence-corrected chi connectivity index (χ3v) is 0. The van der Waals surface area contributed by atoms with Gasteiger partial charge in [0.15, 0.2) is 0 Å². The van der Waals surface area contributed by atoms with Gasteiger partial charge in [-0.25, -0.2) is 9.13 Å². The van der Waals surface area contributed by atoms with E-state index < -0.39 is 21.6 Å². The van der Waals surface area contributed by atoms with Crippen LogP contribution in [0.15, 0.2) is 0 Å². The Morgan fingerprint density at radius 3 is 0.857 bits per heavy atom. The summed E-state index contributed by atoms with van der Waals surface area (Å²) >= 11 is 0. The summed E-state index contributed by atoms with van der Waals surface area (Å²) in [4.78, 5) is 52.1. The highest BCUT2D eigenvalue weighted by atomic mass is 31.2. The minimum atomic E-state index is -4.64. The molecular formula is C2H10O10P2. The predicted molar refractivity (Wildman–Crippen MR) is 41.8 cm³/mol. The Bertz CT molecular complexity index is 192. The number of carboxylic acid groups (broad SMARTS) is 1. The molecule has 0 heterocycles. The van der Waals surface area contributed by atoms with Crippen LogP contribution in [0.5, 0.6) is 0 Å². The Labute approximate surface area is 77.9 Å². The van der Waals surface area contributed by atoms with E-state index >= 15 is 0 Å². The van der Waals surface area contributed by atoms with E-state index in [1.54, 1.807) is 0 Å². The molecule has 0 aromatic rings. The molecule has 0 saturated carbocycles. The van der Waals surface area contributed by atoms with E-state index in [4.69, 9.17) is 48.4 Å². The lowest BCUT2D eigenvalue weighted by molar-refractivity contribution is -0.134. The number of carboxylic acids is 1. The van der Waals surface area contributed by atoms with E-state index in [1.165, 1.54) is 0 Å². The first-order chi connectivity index (χ1) is 5.73. The molecule has 0 saturated heterocycles. The quantitative estimate of drug-likeness (QED) is 0.244. The SMILES string of the molecule is CC(=O)O.O=P(O)(O)O.O=P(O)(O)O. The first-order valence-electron chi connectivity index (χ1n) is 2.49. The van der Waals surface area contributed by atoms with Gasteiger partial charge in [-0.2, -0.15) is 0 Å². The molecular weight excluding hydrogens is 246 g/mol. The van der Waals surface area contributed by atoms with Crippen LogP contribution in [0.2, 0.25) is 0 Å². The largest absolute Gasteiger partial charge is 0.481 e. The maximum atomic E-state index is 9.00. The summed E-state index contributed by atoms with van der Waals surface area (Å²) in [6.45, 7) is 1.08. The van der Waals surface area contributed by atoms with Crippen LogP contribution in [-0.2, 0) is 13.9 Å². The molecule has 0 atom stereocenters. The van der Waals surface area contributed by atoms with Crippen molar-refractivity contribution in [3.63, 3.8) is 0 Å². The third-order valence-electron chi connectivity index (χ3n) is 0. The van der Waals surface area contributed by atoms with Crippen LogP contribution in [0.25, 0.3) is 0 Å². The average Bonchev–Trinajstić information content (AvgIpc) is 1.45. The summed E-state index contributed by atoms with van der Waals surface area (Å²) in [6, 6.07) is 0. The molecule has 12 heteroatoms. The second-order valence-electron chi connectivity index (χ2n) is 1.55. The fraction of sp³-hybridized carbons (Fsp3) is 0.500. The zero-order chi connectivity index (χ0) is 12.6. The van der Waals surface area contributed by atoms with Crippen molar-refractivity contribution in [1.82, 2.24) is 0 Å². The number of rotatable bonds is 0. The molecule has 0 unspecified atom stereocenters. The lowest BCUT2D eigenvalue weighted by Gasteiger charge is -1.82. The van der Waals surface area contributed by atoms with Crippen LogP contribution in [0.3, 0.4) is 0 Å². The van der Waals surface area contributed by atoms with Gasteiger partial charge < -0.3 is 34.5 Å². The molecule has 0 radical (unpaired) electrons. The van der Waals surface area contributed by atoms with Crippen LogP contribution in [-0.4, -0.2) is 40.4 Å². The number of hydrogen-bond donors (Lipinski definition) is 7. The lowest BCUT2D eigenvalue weighted by Crippen LogP contribution is -1.78. The lowest BCUT2D eigenvalue weighted by atomic mass is 10.9. The summed E-state index contributed by atoms with van der Waals surface area (Å²) in [5, 5.41) is 7.42. The first-order valence-corrected chi connectivity index (χ1v) is 5.62. The summed E-state index contributed by atoms with van der Waals surface area (Å²) in [5.41, 5.74) is 0. The second kappa shape index (κ2) is 8.04. The third kappa shape index (κ3) is 13900. The summed E-state index contributed by atoms with van der Waals surface area (Å²) < 4.78 is 17.8. The highest BCUT2D eigenvalue weighted by molar-refractivity contribution is 7.45. The van der Waals surface area contributed by atoms with Crippen molar-refractivity contribution in [2.24, 2.45) is 0 Å². The molecule has 14 heavy (non-hydrogen) atoms. The zero-order valence-corrected chi connectivity index (χ0v) is 8.54. The van der Waals surface area contributed by atoms with Crippen molar-refractivity contribution in [2.75, 3.05) is 0 Å².